The fourth-order valence-electron chi connectivity index (χ4n) is 1.19. The fourth-order valence-corrected chi connectivity index (χ4v) is 1.19. The molecule has 2 heterocycles. The van der Waals surface area contributed by atoms with Gasteiger partial charge in [0.15, 0.2) is 0 Å². The number of aryl methyl sites for hydroxylation is 1. The van der Waals surface area contributed by atoms with E-state index < -0.39 is 0 Å². The maximum atomic E-state index is 4.87. The van der Waals surface area contributed by atoms with Gasteiger partial charge in [0.25, 0.3) is 0 Å². The van der Waals surface area contributed by atoms with Crippen molar-refractivity contribution in [2.45, 2.75) is 19.9 Å². The molecule has 0 N–H and O–H groups in total. The van der Waals surface area contributed by atoms with Crippen LogP contribution in [0.25, 0.3) is 0 Å². The molecular weight excluding hydrogens is 168 g/mol. The monoisotopic (exact) mass is 178 g/mol. The third kappa shape index (κ3) is 1.58. The summed E-state index contributed by atoms with van der Waals surface area (Å²) in [6, 6.07) is 0. The van der Waals surface area contributed by atoms with Crippen LogP contribution in [0.5, 0.6) is 0 Å². The van der Waals surface area contributed by atoms with E-state index in [0.717, 1.165) is 17.7 Å². The molecule has 0 spiro atoms. The summed E-state index contributed by atoms with van der Waals surface area (Å²) in [5.41, 5.74) is 2.04. The zero-order chi connectivity index (χ0) is 9.10. The van der Waals surface area contributed by atoms with Crippen molar-refractivity contribution >= 4 is 0 Å². The molecule has 68 valence electrons. The summed E-state index contributed by atoms with van der Waals surface area (Å²) in [6.07, 6.45) is 5.99. The second-order valence-corrected chi connectivity index (χ2v) is 2.74. The summed E-state index contributed by atoms with van der Waals surface area (Å²) >= 11 is 0. The van der Waals surface area contributed by atoms with Crippen LogP contribution in [-0.4, -0.2) is 20.2 Å². The van der Waals surface area contributed by atoms with Crippen LogP contribution < -0.4 is 0 Å². The van der Waals surface area contributed by atoms with Crippen LogP contribution in [-0.2, 0) is 13.0 Å². The van der Waals surface area contributed by atoms with Crippen LogP contribution in [0.1, 0.15) is 18.2 Å². The van der Waals surface area contributed by atoms with Crippen molar-refractivity contribution in [2.75, 3.05) is 0 Å². The highest BCUT2D eigenvalue weighted by molar-refractivity contribution is 5.14. The van der Waals surface area contributed by atoms with Gasteiger partial charge in [0.2, 0.25) is 0 Å². The Labute approximate surface area is 75.3 Å². The number of rotatable bonds is 3. The minimum Gasteiger partial charge on any atom is -0.364 e. The lowest BCUT2D eigenvalue weighted by Crippen LogP contribution is -2.01. The molecule has 0 fully saturated rings. The summed E-state index contributed by atoms with van der Waals surface area (Å²) in [5, 5.41) is 11.5. The third-order valence-corrected chi connectivity index (χ3v) is 1.87. The molecule has 0 bridgehead atoms. The van der Waals surface area contributed by atoms with Crippen molar-refractivity contribution in [3.05, 3.63) is 29.9 Å². The van der Waals surface area contributed by atoms with Crippen LogP contribution in [0.15, 0.2) is 23.2 Å². The molecule has 2 aromatic heterocycles. The molecule has 0 amide bonds. The molecule has 0 aliphatic rings. The Morgan fingerprint density at radius 1 is 1.54 bits per heavy atom. The smallest absolute Gasteiger partial charge is 0.129 e. The van der Waals surface area contributed by atoms with E-state index in [1.54, 1.807) is 17.1 Å². The van der Waals surface area contributed by atoms with E-state index in [4.69, 9.17) is 4.52 Å². The highest BCUT2D eigenvalue weighted by Crippen LogP contribution is 2.08. The van der Waals surface area contributed by atoms with Crippen molar-refractivity contribution in [3.8, 4) is 0 Å². The zero-order valence-electron chi connectivity index (χ0n) is 7.34. The van der Waals surface area contributed by atoms with Gasteiger partial charge in [-0.1, -0.05) is 17.3 Å². The van der Waals surface area contributed by atoms with Crippen LogP contribution in [0, 0.1) is 0 Å². The summed E-state index contributed by atoms with van der Waals surface area (Å²) in [7, 11) is 0. The highest BCUT2D eigenvalue weighted by atomic mass is 16.5. The van der Waals surface area contributed by atoms with Gasteiger partial charge in [-0.15, -0.1) is 5.10 Å². The minimum absolute atomic E-state index is 0.673. The average molecular weight is 178 g/mol. The number of hydrogen-bond acceptors (Lipinski definition) is 4. The third-order valence-electron chi connectivity index (χ3n) is 1.87. The Bertz CT molecular complexity index is 365. The summed E-state index contributed by atoms with van der Waals surface area (Å²) < 4.78 is 6.62. The Morgan fingerprint density at radius 2 is 2.46 bits per heavy atom. The van der Waals surface area contributed by atoms with E-state index in [-0.39, 0.29) is 0 Å². The van der Waals surface area contributed by atoms with E-state index in [9.17, 15) is 0 Å². The first-order chi connectivity index (χ1) is 6.40. The van der Waals surface area contributed by atoms with Gasteiger partial charge in [-0.25, -0.2) is 4.68 Å². The van der Waals surface area contributed by atoms with E-state index in [1.165, 1.54) is 0 Å². The maximum absolute atomic E-state index is 4.87. The van der Waals surface area contributed by atoms with Crippen molar-refractivity contribution in [3.63, 3.8) is 0 Å². The SMILES string of the molecule is CCc1nocc1Cn1ccnn1. The van der Waals surface area contributed by atoms with E-state index in [1.807, 2.05) is 13.1 Å². The molecule has 5 heteroatoms. The van der Waals surface area contributed by atoms with Gasteiger partial charge in [-0.05, 0) is 6.42 Å². The molecule has 2 aromatic rings. The van der Waals surface area contributed by atoms with Gasteiger partial charge in [0, 0.05) is 11.8 Å². The Hall–Kier alpha value is -1.65. The maximum Gasteiger partial charge on any atom is 0.129 e. The predicted molar refractivity (Wildman–Crippen MR) is 45.0 cm³/mol. The van der Waals surface area contributed by atoms with Crippen molar-refractivity contribution < 1.29 is 4.52 Å². The zero-order valence-corrected chi connectivity index (χ0v) is 7.34. The first-order valence-electron chi connectivity index (χ1n) is 4.16. The molecule has 0 saturated heterocycles. The highest BCUT2D eigenvalue weighted by Gasteiger charge is 2.05. The molecular formula is C8H10N4O. The van der Waals surface area contributed by atoms with Crippen LogP contribution in [0.2, 0.25) is 0 Å². The molecule has 2 rings (SSSR count). The van der Waals surface area contributed by atoms with Gasteiger partial charge < -0.3 is 4.52 Å². The van der Waals surface area contributed by atoms with Gasteiger partial charge >= 0.3 is 0 Å². The summed E-state index contributed by atoms with van der Waals surface area (Å²) in [4.78, 5) is 0. The molecule has 13 heavy (non-hydrogen) atoms. The molecule has 0 radical (unpaired) electrons. The second-order valence-electron chi connectivity index (χ2n) is 2.74. The van der Waals surface area contributed by atoms with Crippen LogP contribution >= 0.6 is 0 Å². The van der Waals surface area contributed by atoms with Crippen LogP contribution in [0.3, 0.4) is 0 Å². The van der Waals surface area contributed by atoms with E-state index >= 15 is 0 Å². The van der Waals surface area contributed by atoms with E-state index in [2.05, 4.69) is 15.5 Å². The topological polar surface area (TPSA) is 56.7 Å². The normalized spacial score (nSPS) is 10.5. The molecule has 0 aliphatic carbocycles. The molecule has 0 atom stereocenters. The fraction of sp³-hybridized carbons (Fsp3) is 0.375. The van der Waals surface area contributed by atoms with Gasteiger partial charge in [0.1, 0.15) is 6.26 Å². The first-order valence-corrected chi connectivity index (χ1v) is 4.16. The van der Waals surface area contributed by atoms with Crippen molar-refractivity contribution in [1.29, 1.82) is 0 Å². The standard InChI is InChI=1S/C8H10N4O/c1-2-8-7(6-13-10-8)5-12-4-3-9-11-12/h3-4,6H,2,5H2,1H3. The number of hydrogen-bond donors (Lipinski definition) is 0. The minimum atomic E-state index is 0.673. The van der Waals surface area contributed by atoms with Gasteiger partial charge in [0.05, 0.1) is 18.4 Å². The Morgan fingerprint density at radius 3 is 3.15 bits per heavy atom. The quantitative estimate of drug-likeness (QED) is 0.700. The average Bonchev–Trinajstić information content (AvgIpc) is 2.76. The lowest BCUT2D eigenvalue weighted by Gasteiger charge is -1.97. The molecule has 0 saturated carbocycles. The largest absolute Gasteiger partial charge is 0.364 e. The summed E-state index contributed by atoms with van der Waals surface area (Å²) in [5.74, 6) is 0. The number of nitrogens with zero attached hydrogens (tertiary/aromatic N) is 4. The van der Waals surface area contributed by atoms with Gasteiger partial charge in [-0.3, -0.25) is 0 Å². The Balaban J connectivity index is 2.18. The summed E-state index contributed by atoms with van der Waals surface area (Å²) in [6.45, 7) is 2.72. The lowest BCUT2D eigenvalue weighted by atomic mass is 10.2. The van der Waals surface area contributed by atoms with Crippen molar-refractivity contribution in [2.24, 2.45) is 0 Å². The molecule has 5 nitrogen and oxygen atoms in total. The molecule has 0 unspecified atom stereocenters. The van der Waals surface area contributed by atoms with E-state index in [0.29, 0.717) is 6.54 Å². The van der Waals surface area contributed by atoms with Gasteiger partial charge in [-0.2, -0.15) is 0 Å². The first kappa shape index (κ1) is 7.97. The lowest BCUT2D eigenvalue weighted by molar-refractivity contribution is 0.411. The number of aromatic nitrogens is 4. The predicted octanol–water partition coefficient (Wildman–Crippen LogP) is 0.877. The second kappa shape index (κ2) is 3.38. The molecule has 0 aromatic carbocycles. The molecule has 0 aliphatic heterocycles. The Kier molecular flexibility index (Phi) is 2.08. The van der Waals surface area contributed by atoms with Crippen molar-refractivity contribution in [1.82, 2.24) is 20.2 Å². The van der Waals surface area contributed by atoms with Crippen LogP contribution in [0.4, 0.5) is 0 Å².